The van der Waals surface area contributed by atoms with E-state index in [-0.39, 0.29) is 5.78 Å². The van der Waals surface area contributed by atoms with Crippen molar-refractivity contribution < 1.29 is 4.79 Å². The highest BCUT2D eigenvalue weighted by Crippen LogP contribution is 2.15. The Morgan fingerprint density at radius 1 is 0.793 bits per heavy atom. The minimum absolute atomic E-state index is 0.0779. The van der Waals surface area contributed by atoms with E-state index in [1.54, 1.807) is 6.07 Å². The average Bonchev–Trinajstić information content (AvgIpc) is 3.19. The highest BCUT2D eigenvalue weighted by molar-refractivity contribution is 6.00. The first-order valence-corrected chi connectivity index (χ1v) is 9.74. The fraction of sp³-hybridized carbons (Fsp3) is 0.208. The number of carbonyl (C=O) groups excluding carboxylic acids is 1. The van der Waals surface area contributed by atoms with Crippen LogP contribution >= 0.6 is 0 Å². The maximum absolute atomic E-state index is 13.0. The molecule has 0 bridgehead atoms. The molecule has 3 aromatic carbocycles. The van der Waals surface area contributed by atoms with Gasteiger partial charge in [-0.05, 0) is 43.2 Å². The van der Waals surface area contributed by atoms with Gasteiger partial charge in [0.25, 0.3) is 0 Å². The van der Waals surface area contributed by atoms with Crippen molar-refractivity contribution in [3.05, 3.63) is 94.5 Å². The molecular formula is C24H24N4O. The van der Waals surface area contributed by atoms with Crippen LogP contribution in [-0.2, 0) is 13.1 Å². The Balaban J connectivity index is 1.54. The molecule has 5 nitrogen and oxygen atoms in total. The molecule has 0 aliphatic heterocycles. The number of aryl methyl sites for hydroxylation is 2. The number of carbonyl (C=O) groups is 1. The van der Waals surface area contributed by atoms with Crippen molar-refractivity contribution in [1.29, 1.82) is 0 Å². The van der Waals surface area contributed by atoms with Crippen molar-refractivity contribution in [3.8, 4) is 0 Å². The summed E-state index contributed by atoms with van der Waals surface area (Å²) in [5, 5.41) is 10.7. The van der Waals surface area contributed by atoms with E-state index in [0.29, 0.717) is 30.7 Å². The SMILES string of the molecule is Cc1ccc(CN(CC(=O)c2ccc3n[nH]nc3c2)Cc2ccc(C)cc2)cc1. The molecule has 146 valence electrons. The third-order valence-corrected chi connectivity index (χ3v) is 5.06. The smallest absolute Gasteiger partial charge is 0.176 e. The molecule has 29 heavy (non-hydrogen) atoms. The fourth-order valence-corrected chi connectivity index (χ4v) is 3.38. The van der Waals surface area contributed by atoms with Gasteiger partial charge >= 0.3 is 0 Å². The van der Waals surface area contributed by atoms with E-state index >= 15 is 0 Å². The molecule has 0 saturated heterocycles. The zero-order valence-electron chi connectivity index (χ0n) is 16.7. The van der Waals surface area contributed by atoms with E-state index in [9.17, 15) is 4.79 Å². The van der Waals surface area contributed by atoms with E-state index in [0.717, 1.165) is 5.52 Å². The Morgan fingerprint density at radius 2 is 1.34 bits per heavy atom. The molecule has 1 aromatic heterocycles. The molecule has 0 spiro atoms. The predicted molar refractivity (Wildman–Crippen MR) is 115 cm³/mol. The second-order valence-electron chi connectivity index (χ2n) is 7.57. The van der Waals surface area contributed by atoms with Gasteiger partial charge in [0.05, 0.1) is 6.54 Å². The third-order valence-electron chi connectivity index (χ3n) is 5.06. The first-order valence-electron chi connectivity index (χ1n) is 9.74. The number of nitrogens with one attached hydrogen (secondary N) is 1. The molecule has 0 saturated carbocycles. The number of benzene rings is 3. The maximum Gasteiger partial charge on any atom is 0.176 e. The fourth-order valence-electron chi connectivity index (χ4n) is 3.38. The first-order chi connectivity index (χ1) is 14.1. The monoisotopic (exact) mass is 384 g/mol. The number of aromatic amines is 1. The van der Waals surface area contributed by atoms with Crippen molar-refractivity contribution in [2.75, 3.05) is 6.54 Å². The van der Waals surface area contributed by atoms with Gasteiger partial charge in [-0.2, -0.15) is 15.4 Å². The maximum atomic E-state index is 13.0. The van der Waals surface area contributed by atoms with E-state index < -0.39 is 0 Å². The van der Waals surface area contributed by atoms with Crippen molar-refractivity contribution in [1.82, 2.24) is 20.3 Å². The molecule has 4 aromatic rings. The van der Waals surface area contributed by atoms with Gasteiger partial charge in [0.15, 0.2) is 5.78 Å². The van der Waals surface area contributed by atoms with Crippen LogP contribution in [0.5, 0.6) is 0 Å². The quantitative estimate of drug-likeness (QED) is 0.478. The lowest BCUT2D eigenvalue weighted by Gasteiger charge is -2.22. The Bertz CT molecular complexity index is 1070. The number of fused-ring (bicyclic) bond motifs is 1. The molecule has 0 aliphatic rings. The topological polar surface area (TPSA) is 61.9 Å². The molecule has 0 aliphatic carbocycles. The normalized spacial score (nSPS) is 11.3. The highest BCUT2D eigenvalue weighted by Gasteiger charge is 2.15. The molecule has 0 radical (unpaired) electrons. The Morgan fingerprint density at radius 3 is 1.93 bits per heavy atom. The van der Waals surface area contributed by atoms with Gasteiger partial charge in [0.2, 0.25) is 0 Å². The van der Waals surface area contributed by atoms with Gasteiger partial charge in [-0.1, -0.05) is 59.7 Å². The zero-order chi connectivity index (χ0) is 20.2. The molecule has 0 amide bonds. The van der Waals surface area contributed by atoms with Gasteiger partial charge in [0, 0.05) is 18.7 Å². The van der Waals surface area contributed by atoms with E-state index in [4.69, 9.17) is 0 Å². The summed E-state index contributed by atoms with van der Waals surface area (Å²) in [5.74, 6) is 0.0779. The first kappa shape index (κ1) is 19.0. The van der Waals surface area contributed by atoms with Crippen LogP contribution in [0.4, 0.5) is 0 Å². The predicted octanol–water partition coefficient (Wildman–Crippen LogP) is 4.46. The van der Waals surface area contributed by atoms with Crippen molar-refractivity contribution in [3.63, 3.8) is 0 Å². The summed E-state index contributed by atoms with van der Waals surface area (Å²) in [6, 6.07) is 22.4. The summed E-state index contributed by atoms with van der Waals surface area (Å²) >= 11 is 0. The zero-order valence-corrected chi connectivity index (χ0v) is 16.7. The Labute approximate surface area is 170 Å². The second-order valence-corrected chi connectivity index (χ2v) is 7.57. The Hall–Kier alpha value is -3.31. The minimum atomic E-state index is 0.0779. The molecule has 0 unspecified atom stereocenters. The van der Waals surface area contributed by atoms with Crippen LogP contribution in [0, 0.1) is 13.8 Å². The largest absolute Gasteiger partial charge is 0.293 e. The van der Waals surface area contributed by atoms with Gasteiger partial charge in [-0.3, -0.25) is 9.69 Å². The molecule has 4 rings (SSSR count). The summed E-state index contributed by atoms with van der Waals surface area (Å²) in [7, 11) is 0. The number of hydrogen-bond acceptors (Lipinski definition) is 4. The summed E-state index contributed by atoms with van der Waals surface area (Å²) in [6.45, 7) is 5.93. The average molecular weight is 384 g/mol. The standard InChI is InChI=1S/C24H24N4O/c1-17-3-7-19(8-4-17)14-28(15-20-9-5-18(2)6-10-20)16-24(29)21-11-12-22-23(13-21)26-27-25-22/h3-13H,14-16H2,1-2H3,(H,25,26,27). The minimum Gasteiger partial charge on any atom is -0.293 e. The number of nitrogens with zero attached hydrogens (tertiary/aromatic N) is 3. The number of rotatable bonds is 7. The molecule has 0 fully saturated rings. The van der Waals surface area contributed by atoms with Crippen LogP contribution in [0.15, 0.2) is 66.7 Å². The van der Waals surface area contributed by atoms with Crippen LogP contribution in [0.2, 0.25) is 0 Å². The second kappa shape index (κ2) is 8.37. The van der Waals surface area contributed by atoms with Crippen molar-refractivity contribution in [2.24, 2.45) is 0 Å². The molecule has 1 heterocycles. The summed E-state index contributed by atoms with van der Waals surface area (Å²) < 4.78 is 0. The van der Waals surface area contributed by atoms with Gasteiger partial charge < -0.3 is 0 Å². The number of hydrogen-bond donors (Lipinski definition) is 1. The van der Waals surface area contributed by atoms with E-state index in [1.165, 1.54) is 22.3 Å². The third kappa shape index (κ3) is 4.76. The number of ketones is 1. The summed E-state index contributed by atoms with van der Waals surface area (Å²) in [5.41, 5.74) is 6.98. The number of H-pyrrole nitrogens is 1. The van der Waals surface area contributed by atoms with E-state index in [1.807, 2.05) is 12.1 Å². The molecule has 5 heteroatoms. The number of Topliss-reactive ketones (excluding diaryl/α,β-unsaturated/α-hetero) is 1. The van der Waals surface area contributed by atoms with Gasteiger partial charge in [0.1, 0.15) is 11.0 Å². The Kier molecular flexibility index (Phi) is 5.49. The molecular weight excluding hydrogens is 360 g/mol. The van der Waals surface area contributed by atoms with Gasteiger partial charge in [-0.15, -0.1) is 0 Å². The van der Waals surface area contributed by atoms with Gasteiger partial charge in [-0.25, -0.2) is 0 Å². The number of aromatic nitrogens is 3. The van der Waals surface area contributed by atoms with E-state index in [2.05, 4.69) is 82.7 Å². The summed E-state index contributed by atoms with van der Waals surface area (Å²) in [4.78, 5) is 15.2. The summed E-state index contributed by atoms with van der Waals surface area (Å²) in [6.07, 6.45) is 0. The highest BCUT2D eigenvalue weighted by atomic mass is 16.1. The van der Waals surface area contributed by atoms with Crippen molar-refractivity contribution in [2.45, 2.75) is 26.9 Å². The lowest BCUT2D eigenvalue weighted by atomic mass is 10.1. The molecule has 0 atom stereocenters. The van der Waals surface area contributed by atoms with Crippen LogP contribution in [0.25, 0.3) is 11.0 Å². The van der Waals surface area contributed by atoms with Crippen LogP contribution in [0.1, 0.15) is 32.6 Å². The molecule has 1 N–H and O–H groups in total. The van der Waals surface area contributed by atoms with Crippen LogP contribution < -0.4 is 0 Å². The lowest BCUT2D eigenvalue weighted by Crippen LogP contribution is -2.29. The van der Waals surface area contributed by atoms with Crippen LogP contribution in [0.3, 0.4) is 0 Å². The van der Waals surface area contributed by atoms with Crippen molar-refractivity contribution >= 4 is 16.8 Å². The lowest BCUT2D eigenvalue weighted by molar-refractivity contribution is 0.0920. The van der Waals surface area contributed by atoms with Crippen LogP contribution in [-0.4, -0.2) is 32.6 Å².